The molecule has 0 aliphatic heterocycles. The van der Waals surface area contributed by atoms with Crippen molar-refractivity contribution in [3.63, 3.8) is 0 Å². The lowest BCUT2D eigenvalue weighted by molar-refractivity contribution is 0.0926. The largest absolute Gasteiger partial charge is 0.342 e. The topological polar surface area (TPSA) is 86.5 Å². The maximum atomic E-state index is 12.0. The van der Waals surface area contributed by atoms with E-state index in [4.69, 9.17) is 0 Å². The Morgan fingerprint density at radius 1 is 1.50 bits per heavy atom. The molecule has 0 aromatic carbocycles. The molecule has 2 aromatic heterocycles. The molecule has 0 fully saturated rings. The average Bonchev–Trinajstić information content (AvgIpc) is 2.97. The van der Waals surface area contributed by atoms with Crippen LogP contribution in [0, 0.1) is 6.92 Å². The maximum absolute atomic E-state index is 12.0. The third kappa shape index (κ3) is 1.90. The zero-order valence-corrected chi connectivity index (χ0v) is 10.2. The number of carbonyl (C=O) groups is 1. The maximum Gasteiger partial charge on any atom is 0.272 e. The summed E-state index contributed by atoms with van der Waals surface area (Å²) in [5, 5.41) is 16.7. The molecule has 0 saturated heterocycles. The van der Waals surface area contributed by atoms with Crippen LogP contribution in [0.2, 0.25) is 0 Å². The van der Waals surface area contributed by atoms with Gasteiger partial charge in [-0.15, -0.1) is 0 Å². The van der Waals surface area contributed by atoms with E-state index in [2.05, 4.69) is 25.7 Å². The van der Waals surface area contributed by atoms with Gasteiger partial charge in [0.05, 0.1) is 17.9 Å². The Balaban J connectivity index is 1.77. The van der Waals surface area contributed by atoms with Gasteiger partial charge < -0.3 is 5.32 Å². The number of rotatable bonds is 2. The molecule has 0 radical (unpaired) electrons. The smallest absolute Gasteiger partial charge is 0.272 e. The van der Waals surface area contributed by atoms with Crippen molar-refractivity contribution >= 4 is 5.91 Å². The van der Waals surface area contributed by atoms with E-state index in [0.717, 1.165) is 30.7 Å². The van der Waals surface area contributed by atoms with Crippen LogP contribution in [-0.2, 0) is 6.42 Å². The van der Waals surface area contributed by atoms with Crippen molar-refractivity contribution in [2.24, 2.45) is 0 Å². The quantitative estimate of drug-likeness (QED) is 0.744. The Morgan fingerprint density at radius 3 is 3.17 bits per heavy atom. The van der Waals surface area contributed by atoms with E-state index in [-0.39, 0.29) is 11.9 Å². The van der Waals surface area contributed by atoms with Gasteiger partial charge in [-0.25, -0.2) is 0 Å². The fourth-order valence-electron chi connectivity index (χ4n) is 2.37. The van der Waals surface area contributed by atoms with Crippen molar-refractivity contribution in [3.8, 4) is 0 Å². The zero-order valence-electron chi connectivity index (χ0n) is 10.2. The monoisotopic (exact) mass is 245 g/mol. The Kier molecular flexibility index (Phi) is 2.62. The number of aromatic nitrogens is 4. The number of aryl methyl sites for hydroxylation is 2. The minimum atomic E-state index is -0.146. The van der Waals surface area contributed by atoms with Crippen molar-refractivity contribution in [3.05, 3.63) is 34.9 Å². The molecule has 6 nitrogen and oxygen atoms in total. The molecule has 18 heavy (non-hydrogen) atoms. The number of H-pyrrole nitrogens is 2. The predicted octanol–water partition coefficient (Wildman–Crippen LogP) is 1.25. The van der Waals surface area contributed by atoms with Gasteiger partial charge in [0.1, 0.15) is 5.69 Å². The van der Waals surface area contributed by atoms with Crippen LogP contribution >= 0.6 is 0 Å². The molecule has 1 amide bonds. The molecule has 3 rings (SSSR count). The summed E-state index contributed by atoms with van der Waals surface area (Å²) in [4.78, 5) is 12.0. The van der Waals surface area contributed by atoms with Crippen LogP contribution in [0.3, 0.4) is 0 Å². The highest BCUT2D eigenvalue weighted by Gasteiger charge is 2.24. The van der Waals surface area contributed by atoms with Gasteiger partial charge in [0.2, 0.25) is 0 Å². The molecule has 3 N–H and O–H groups in total. The average molecular weight is 245 g/mol. The number of hydrogen-bond donors (Lipinski definition) is 3. The number of carbonyl (C=O) groups excluding carboxylic acids is 1. The van der Waals surface area contributed by atoms with Gasteiger partial charge in [0.25, 0.3) is 5.91 Å². The molecule has 2 heterocycles. The van der Waals surface area contributed by atoms with E-state index in [1.165, 1.54) is 5.56 Å². The van der Waals surface area contributed by atoms with E-state index in [0.29, 0.717) is 5.69 Å². The van der Waals surface area contributed by atoms with Gasteiger partial charge in [-0.05, 0) is 37.8 Å². The molecular weight excluding hydrogens is 230 g/mol. The lowest BCUT2D eigenvalue weighted by atomic mass is 9.93. The number of nitrogens with zero attached hydrogens (tertiary/aromatic N) is 2. The summed E-state index contributed by atoms with van der Waals surface area (Å²) in [5.74, 6) is -0.146. The Hall–Kier alpha value is -2.11. The van der Waals surface area contributed by atoms with Gasteiger partial charge in [-0.1, -0.05) is 0 Å². The Bertz CT molecular complexity index is 571. The van der Waals surface area contributed by atoms with E-state index < -0.39 is 0 Å². The lowest BCUT2D eigenvalue weighted by Crippen LogP contribution is -2.31. The van der Waals surface area contributed by atoms with Crippen molar-refractivity contribution in [1.82, 2.24) is 25.7 Å². The zero-order chi connectivity index (χ0) is 12.5. The van der Waals surface area contributed by atoms with Crippen molar-refractivity contribution in [2.45, 2.75) is 32.2 Å². The van der Waals surface area contributed by atoms with E-state index in [9.17, 15) is 4.79 Å². The van der Waals surface area contributed by atoms with Crippen LogP contribution in [0.5, 0.6) is 0 Å². The van der Waals surface area contributed by atoms with Gasteiger partial charge in [-0.2, -0.15) is 10.2 Å². The summed E-state index contributed by atoms with van der Waals surface area (Å²) < 4.78 is 0. The second-order valence-electron chi connectivity index (χ2n) is 4.66. The van der Waals surface area contributed by atoms with Crippen LogP contribution in [-0.4, -0.2) is 26.3 Å². The molecule has 1 atom stereocenters. The fourth-order valence-corrected chi connectivity index (χ4v) is 2.37. The van der Waals surface area contributed by atoms with Gasteiger partial charge in [-0.3, -0.25) is 15.0 Å². The number of hydrogen-bond acceptors (Lipinski definition) is 3. The number of amides is 1. The molecule has 1 unspecified atom stereocenters. The van der Waals surface area contributed by atoms with E-state index >= 15 is 0 Å². The summed E-state index contributed by atoms with van der Waals surface area (Å²) in [5.41, 5.74) is 3.54. The summed E-state index contributed by atoms with van der Waals surface area (Å²) in [7, 11) is 0. The molecule has 0 saturated carbocycles. The van der Waals surface area contributed by atoms with Gasteiger partial charge in [0, 0.05) is 5.69 Å². The Labute approximate surface area is 104 Å². The third-order valence-electron chi connectivity index (χ3n) is 3.28. The Morgan fingerprint density at radius 2 is 2.39 bits per heavy atom. The van der Waals surface area contributed by atoms with E-state index in [1.54, 1.807) is 6.07 Å². The minimum Gasteiger partial charge on any atom is -0.342 e. The number of aromatic amines is 2. The van der Waals surface area contributed by atoms with Crippen LogP contribution < -0.4 is 5.32 Å². The summed E-state index contributed by atoms with van der Waals surface area (Å²) in [6, 6.07) is 1.76. The van der Waals surface area contributed by atoms with Crippen LogP contribution in [0.15, 0.2) is 12.3 Å². The first-order chi connectivity index (χ1) is 8.74. The molecular formula is C12H15N5O. The first-order valence-electron chi connectivity index (χ1n) is 6.09. The summed E-state index contributed by atoms with van der Waals surface area (Å²) in [6.07, 6.45) is 4.87. The summed E-state index contributed by atoms with van der Waals surface area (Å²) in [6.45, 7) is 1.87. The normalized spacial score (nSPS) is 18.4. The van der Waals surface area contributed by atoms with Crippen molar-refractivity contribution < 1.29 is 4.79 Å². The molecule has 6 heteroatoms. The predicted molar refractivity (Wildman–Crippen MR) is 65.1 cm³/mol. The molecule has 1 aliphatic carbocycles. The molecule has 1 aliphatic rings. The number of nitrogens with one attached hydrogen (secondary N) is 3. The standard InChI is InChI=1S/C12H15N5O/c1-7-5-10(16-15-7)12(18)14-9-4-2-3-8-6-13-17-11(8)9/h5-6,9H,2-4H2,1H3,(H,13,17)(H,14,18)(H,15,16). The second-order valence-corrected chi connectivity index (χ2v) is 4.66. The second kappa shape index (κ2) is 4.29. The highest BCUT2D eigenvalue weighted by molar-refractivity contribution is 5.92. The minimum absolute atomic E-state index is 0.0146. The third-order valence-corrected chi connectivity index (χ3v) is 3.28. The molecule has 0 bridgehead atoms. The van der Waals surface area contributed by atoms with Crippen LogP contribution in [0.25, 0.3) is 0 Å². The molecule has 2 aromatic rings. The fraction of sp³-hybridized carbons (Fsp3) is 0.417. The van der Waals surface area contributed by atoms with Crippen LogP contribution in [0.4, 0.5) is 0 Å². The van der Waals surface area contributed by atoms with Gasteiger partial charge >= 0.3 is 0 Å². The van der Waals surface area contributed by atoms with Crippen molar-refractivity contribution in [2.75, 3.05) is 0 Å². The summed E-state index contributed by atoms with van der Waals surface area (Å²) >= 11 is 0. The first kappa shape index (κ1) is 11.0. The highest BCUT2D eigenvalue weighted by Crippen LogP contribution is 2.27. The molecule has 0 spiro atoms. The SMILES string of the molecule is Cc1cc(C(=O)NC2CCCc3cn[nH]c32)n[nH]1. The van der Waals surface area contributed by atoms with E-state index in [1.807, 2.05) is 13.1 Å². The van der Waals surface area contributed by atoms with Crippen LogP contribution in [0.1, 0.15) is 46.3 Å². The highest BCUT2D eigenvalue weighted by atomic mass is 16.2. The lowest BCUT2D eigenvalue weighted by Gasteiger charge is -2.22. The number of fused-ring (bicyclic) bond motifs is 1. The van der Waals surface area contributed by atoms with Crippen molar-refractivity contribution in [1.29, 1.82) is 0 Å². The molecule has 94 valence electrons. The first-order valence-corrected chi connectivity index (χ1v) is 6.09. The van der Waals surface area contributed by atoms with Gasteiger partial charge in [0.15, 0.2) is 0 Å².